The zero-order valence-electron chi connectivity index (χ0n) is 13.9. The third-order valence-electron chi connectivity index (χ3n) is 4.37. The Morgan fingerprint density at radius 3 is 2.48 bits per heavy atom. The van der Waals surface area contributed by atoms with Crippen molar-refractivity contribution in [3.8, 4) is 0 Å². The highest BCUT2D eigenvalue weighted by atomic mass is 19.1. The van der Waals surface area contributed by atoms with Gasteiger partial charge >= 0.3 is 0 Å². The largest absolute Gasteiger partial charge is 0.367 e. The molecule has 1 heterocycles. The van der Waals surface area contributed by atoms with E-state index in [1.165, 1.54) is 24.3 Å². The van der Waals surface area contributed by atoms with E-state index in [1.54, 1.807) is 18.2 Å². The monoisotopic (exact) mass is 345 g/mol. The number of rotatable bonds is 5. The summed E-state index contributed by atoms with van der Waals surface area (Å²) in [7, 11) is 0. The number of para-hydroxylation sites is 1. The molecule has 6 heteroatoms. The molecule has 3 rings (SSSR count). The van der Waals surface area contributed by atoms with Crippen LogP contribution in [0.25, 0.3) is 0 Å². The Balaban J connectivity index is 1.42. The zero-order chi connectivity index (χ0) is 17.6. The molecular formula is C19H21F2N3O. The number of hydrogen-bond acceptors (Lipinski definition) is 3. The van der Waals surface area contributed by atoms with Crippen LogP contribution in [0.1, 0.15) is 10.4 Å². The van der Waals surface area contributed by atoms with Crippen LogP contribution in [0.3, 0.4) is 0 Å². The SMILES string of the molecule is O=C(NCCN1CCN(c2ccccc2F)CC1)c1cccc(F)c1. The van der Waals surface area contributed by atoms with Crippen LogP contribution in [0.15, 0.2) is 48.5 Å². The number of anilines is 1. The minimum absolute atomic E-state index is 0.196. The van der Waals surface area contributed by atoms with Gasteiger partial charge in [0, 0.05) is 44.8 Å². The van der Waals surface area contributed by atoms with Crippen molar-refractivity contribution in [2.75, 3.05) is 44.2 Å². The number of amides is 1. The number of carbonyl (C=O) groups excluding carboxylic acids is 1. The summed E-state index contributed by atoms with van der Waals surface area (Å²) in [5, 5.41) is 2.80. The van der Waals surface area contributed by atoms with Crippen molar-refractivity contribution < 1.29 is 13.6 Å². The van der Waals surface area contributed by atoms with Crippen LogP contribution in [0.2, 0.25) is 0 Å². The van der Waals surface area contributed by atoms with Crippen molar-refractivity contribution in [2.45, 2.75) is 0 Å². The van der Waals surface area contributed by atoms with Crippen molar-refractivity contribution in [3.63, 3.8) is 0 Å². The van der Waals surface area contributed by atoms with Crippen LogP contribution in [-0.4, -0.2) is 50.1 Å². The highest BCUT2D eigenvalue weighted by Crippen LogP contribution is 2.19. The average molecular weight is 345 g/mol. The molecular weight excluding hydrogens is 324 g/mol. The summed E-state index contributed by atoms with van der Waals surface area (Å²) < 4.78 is 26.9. The lowest BCUT2D eigenvalue weighted by molar-refractivity contribution is 0.0947. The second-order valence-corrected chi connectivity index (χ2v) is 6.05. The van der Waals surface area contributed by atoms with E-state index in [-0.39, 0.29) is 11.7 Å². The van der Waals surface area contributed by atoms with E-state index < -0.39 is 5.82 Å². The maximum Gasteiger partial charge on any atom is 0.251 e. The highest BCUT2D eigenvalue weighted by Gasteiger charge is 2.19. The fourth-order valence-electron chi connectivity index (χ4n) is 2.98. The van der Waals surface area contributed by atoms with Crippen molar-refractivity contribution in [3.05, 3.63) is 65.7 Å². The number of nitrogens with zero attached hydrogens (tertiary/aromatic N) is 2. The first kappa shape index (κ1) is 17.4. The first-order valence-electron chi connectivity index (χ1n) is 8.39. The fraction of sp³-hybridized carbons (Fsp3) is 0.316. The van der Waals surface area contributed by atoms with Gasteiger partial charge in [0.05, 0.1) is 5.69 Å². The minimum atomic E-state index is -0.420. The predicted octanol–water partition coefficient (Wildman–Crippen LogP) is 2.52. The molecule has 1 amide bonds. The van der Waals surface area contributed by atoms with Gasteiger partial charge in [0.1, 0.15) is 11.6 Å². The van der Waals surface area contributed by atoms with Crippen molar-refractivity contribution in [2.24, 2.45) is 0 Å². The number of hydrogen-bond donors (Lipinski definition) is 1. The van der Waals surface area contributed by atoms with E-state index >= 15 is 0 Å². The van der Waals surface area contributed by atoms with Gasteiger partial charge in [-0.15, -0.1) is 0 Å². The molecule has 1 fully saturated rings. The van der Waals surface area contributed by atoms with E-state index in [0.29, 0.717) is 24.3 Å². The van der Waals surface area contributed by atoms with E-state index in [0.717, 1.165) is 26.2 Å². The molecule has 0 aromatic heterocycles. The molecule has 0 bridgehead atoms. The average Bonchev–Trinajstić information content (AvgIpc) is 2.63. The van der Waals surface area contributed by atoms with Gasteiger partial charge < -0.3 is 10.2 Å². The third kappa shape index (κ3) is 4.54. The van der Waals surface area contributed by atoms with Gasteiger partial charge in [-0.25, -0.2) is 8.78 Å². The molecule has 0 radical (unpaired) electrons. The molecule has 1 N–H and O–H groups in total. The highest BCUT2D eigenvalue weighted by molar-refractivity contribution is 5.94. The van der Waals surface area contributed by atoms with Gasteiger partial charge in [0.25, 0.3) is 5.91 Å². The number of nitrogens with one attached hydrogen (secondary N) is 1. The maximum absolute atomic E-state index is 13.8. The first-order valence-corrected chi connectivity index (χ1v) is 8.39. The van der Waals surface area contributed by atoms with Gasteiger partial charge in [-0.1, -0.05) is 18.2 Å². The lowest BCUT2D eigenvalue weighted by Crippen LogP contribution is -2.48. The Kier molecular flexibility index (Phi) is 5.60. The molecule has 25 heavy (non-hydrogen) atoms. The first-order chi connectivity index (χ1) is 12.1. The lowest BCUT2D eigenvalue weighted by atomic mass is 10.2. The summed E-state index contributed by atoms with van der Waals surface area (Å²) in [6, 6.07) is 12.4. The standard InChI is InChI=1S/C19H21F2N3O/c20-16-5-3-4-15(14-16)19(25)22-8-9-23-10-12-24(13-11-23)18-7-2-1-6-17(18)21/h1-7,14H,8-13H2,(H,22,25). The molecule has 0 saturated carbocycles. The van der Waals surface area contributed by atoms with E-state index in [4.69, 9.17) is 0 Å². The molecule has 0 spiro atoms. The summed E-state index contributed by atoms with van der Waals surface area (Å²) in [6.45, 7) is 4.33. The molecule has 4 nitrogen and oxygen atoms in total. The third-order valence-corrected chi connectivity index (χ3v) is 4.37. The molecule has 0 atom stereocenters. The van der Waals surface area contributed by atoms with Gasteiger partial charge in [-0.2, -0.15) is 0 Å². The number of benzene rings is 2. The Bertz CT molecular complexity index is 730. The molecule has 132 valence electrons. The summed E-state index contributed by atoms with van der Waals surface area (Å²) in [4.78, 5) is 16.2. The quantitative estimate of drug-likeness (QED) is 0.905. The molecule has 0 unspecified atom stereocenters. The maximum atomic E-state index is 13.8. The molecule has 1 aliphatic rings. The summed E-state index contributed by atoms with van der Waals surface area (Å²) in [5.41, 5.74) is 0.964. The smallest absolute Gasteiger partial charge is 0.251 e. The minimum Gasteiger partial charge on any atom is -0.367 e. The predicted molar refractivity (Wildman–Crippen MR) is 93.8 cm³/mol. The van der Waals surface area contributed by atoms with Crippen LogP contribution < -0.4 is 10.2 Å². The second-order valence-electron chi connectivity index (χ2n) is 6.05. The van der Waals surface area contributed by atoms with Crippen LogP contribution in [0, 0.1) is 11.6 Å². The molecule has 1 saturated heterocycles. The molecule has 1 aliphatic heterocycles. The second kappa shape index (κ2) is 8.07. The van der Waals surface area contributed by atoms with Crippen molar-refractivity contribution >= 4 is 11.6 Å². The van der Waals surface area contributed by atoms with E-state index in [1.807, 2.05) is 11.0 Å². The number of halogens is 2. The Labute approximate surface area is 146 Å². The van der Waals surface area contributed by atoms with Crippen LogP contribution in [0.5, 0.6) is 0 Å². The van der Waals surface area contributed by atoms with E-state index in [9.17, 15) is 13.6 Å². The van der Waals surface area contributed by atoms with Gasteiger partial charge in [-0.05, 0) is 30.3 Å². The normalized spacial score (nSPS) is 15.2. The van der Waals surface area contributed by atoms with E-state index in [2.05, 4.69) is 10.2 Å². The summed E-state index contributed by atoms with van der Waals surface area (Å²) >= 11 is 0. The van der Waals surface area contributed by atoms with Crippen molar-refractivity contribution in [1.82, 2.24) is 10.2 Å². The van der Waals surface area contributed by atoms with Gasteiger partial charge in [-0.3, -0.25) is 9.69 Å². The molecule has 2 aromatic carbocycles. The van der Waals surface area contributed by atoms with Crippen LogP contribution >= 0.6 is 0 Å². The molecule has 0 aliphatic carbocycles. The van der Waals surface area contributed by atoms with Crippen LogP contribution in [-0.2, 0) is 0 Å². The lowest BCUT2D eigenvalue weighted by Gasteiger charge is -2.36. The van der Waals surface area contributed by atoms with Crippen LogP contribution in [0.4, 0.5) is 14.5 Å². The Morgan fingerprint density at radius 1 is 1.00 bits per heavy atom. The summed E-state index contributed by atoms with van der Waals surface area (Å²) in [5.74, 6) is -0.889. The zero-order valence-corrected chi connectivity index (χ0v) is 13.9. The molecule has 2 aromatic rings. The topological polar surface area (TPSA) is 35.6 Å². The Morgan fingerprint density at radius 2 is 1.76 bits per heavy atom. The summed E-state index contributed by atoms with van der Waals surface area (Å²) in [6.07, 6.45) is 0. The fourth-order valence-corrected chi connectivity index (χ4v) is 2.98. The van der Waals surface area contributed by atoms with Crippen molar-refractivity contribution in [1.29, 1.82) is 0 Å². The number of piperazine rings is 1. The number of carbonyl (C=O) groups is 1. The van der Waals surface area contributed by atoms with Gasteiger partial charge in [0.15, 0.2) is 0 Å². The van der Waals surface area contributed by atoms with Gasteiger partial charge in [0.2, 0.25) is 0 Å². The Hall–Kier alpha value is -2.47.